The molecule has 0 heterocycles. The summed E-state index contributed by atoms with van der Waals surface area (Å²) < 4.78 is 6.80. The fraction of sp³-hybridized carbons (Fsp3) is 0.818. The lowest BCUT2D eigenvalue weighted by molar-refractivity contribution is -0.925. The van der Waals surface area contributed by atoms with E-state index in [4.69, 9.17) is 6.48 Å². The van der Waals surface area contributed by atoms with Crippen LogP contribution in [0.4, 0.5) is 0 Å². The normalized spacial score (nSPS) is 18.1. The Labute approximate surface area is 102 Å². The first kappa shape index (κ1) is 14.1. The fourth-order valence-corrected chi connectivity index (χ4v) is 1.58. The molecule has 6 heteroatoms. The van der Waals surface area contributed by atoms with E-state index in [1.54, 1.807) is 21.1 Å². The zero-order valence-electron chi connectivity index (χ0n) is 11.5. The summed E-state index contributed by atoms with van der Waals surface area (Å²) in [6, 6.07) is 0. The van der Waals surface area contributed by atoms with E-state index in [9.17, 15) is 19.8 Å². The number of nitrogens with zero attached hydrogens (tertiary/aromatic N) is 1. The van der Waals surface area contributed by atoms with Crippen LogP contribution in [0.5, 0.6) is 0 Å². The molecule has 0 aromatic heterocycles. The first-order valence-corrected chi connectivity index (χ1v) is 5.31. The summed E-state index contributed by atoms with van der Waals surface area (Å²) in [5, 5.41) is 29.0. The molecule has 17 heavy (non-hydrogen) atoms. The molecule has 0 aliphatic rings. The summed E-state index contributed by atoms with van der Waals surface area (Å²) in [5.74, 6) is -2.10. The number of carbonyl (C=O) groups is 2. The summed E-state index contributed by atoms with van der Waals surface area (Å²) in [6.07, 6.45) is -2.28. The first-order chi connectivity index (χ1) is 8.05. The number of rotatable bonds is 7. The van der Waals surface area contributed by atoms with Crippen molar-refractivity contribution in [2.45, 2.75) is 38.0 Å². The van der Waals surface area contributed by atoms with Crippen molar-refractivity contribution in [1.82, 2.24) is 0 Å². The molecule has 0 amide bonds. The number of likely N-dealkylation sites (N-methyl/N-ethyl adjacent to an activating group) is 1. The molecule has 0 saturated carbocycles. The van der Waals surface area contributed by atoms with Gasteiger partial charge in [-0.2, -0.15) is 0 Å². The van der Waals surface area contributed by atoms with E-state index in [0.29, 0.717) is 0 Å². The predicted octanol–water partition coefficient (Wildman–Crippen LogP) is -0.414. The third-order valence-electron chi connectivity index (χ3n) is 2.47. The van der Waals surface area contributed by atoms with Gasteiger partial charge in [0.25, 0.3) is 0 Å². The van der Waals surface area contributed by atoms with Crippen molar-refractivity contribution in [3.63, 3.8) is 0 Å². The zero-order chi connectivity index (χ0) is 14.6. The number of hydrogen-bond donors (Lipinski definition) is 3. The van der Waals surface area contributed by atoms with Gasteiger partial charge in [0.1, 0.15) is 0 Å². The summed E-state index contributed by atoms with van der Waals surface area (Å²) in [4.78, 5) is 22.6. The highest BCUT2D eigenvalue weighted by atomic mass is 16.4. The van der Waals surface area contributed by atoms with Gasteiger partial charge in [0.05, 0.1) is 27.6 Å². The number of carbonyl (C=O) groups excluding carboxylic acids is 1. The number of aliphatic hydroxyl groups is 2. The number of aliphatic carboxylic acids is 1. The van der Waals surface area contributed by atoms with Gasteiger partial charge in [-0.15, -0.1) is 0 Å². The van der Waals surface area contributed by atoms with Gasteiger partial charge in [0, 0.05) is 7.79 Å². The Bertz CT molecular complexity index is 315. The van der Waals surface area contributed by atoms with Gasteiger partial charge in [-0.25, -0.2) is 0 Å². The zero-order valence-corrected chi connectivity index (χ0v) is 10.5. The monoisotopic (exact) mass is 249 g/mol. The van der Waals surface area contributed by atoms with Crippen molar-refractivity contribution in [2.75, 3.05) is 21.1 Å². The number of aliphatic hydroxyl groups excluding tert-OH is 1. The second-order valence-corrected chi connectivity index (χ2v) is 5.01. The topological polar surface area (TPSA) is 94.8 Å². The van der Waals surface area contributed by atoms with Gasteiger partial charge < -0.3 is 19.8 Å². The molecule has 0 saturated heterocycles. The highest BCUT2D eigenvalue weighted by Gasteiger charge is 2.51. The molecule has 100 valence electrons. The lowest BCUT2D eigenvalue weighted by Gasteiger charge is -2.39. The Morgan fingerprint density at radius 1 is 1.41 bits per heavy atom. The second-order valence-electron chi connectivity index (χ2n) is 5.01. The SMILES string of the molecule is [2H]CCCC(=O)[C@@](O)(CC(=O)O)C(O)[N+](C)(C)C. The Kier molecular flexibility index (Phi) is 4.62. The van der Waals surface area contributed by atoms with E-state index in [1.807, 2.05) is 0 Å². The van der Waals surface area contributed by atoms with Gasteiger partial charge in [-0.1, -0.05) is 6.90 Å². The maximum absolute atomic E-state index is 11.9. The molecule has 6 nitrogen and oxygen atoms in total. The highest BCUT2D eigenvalue weighted by Crippen LogP contribution is 2.24. The van der Waals surface area contributed by atoms with Gasteiger partial charge >= 0.3 is 5.97 Å². The highest BCUT2D eigenvalue weighted by molar-refractivity contribution is 5.91. The number of ketones is 1. The van der Waals surface area contributed by atoms with Crippen molar-refractivity contribution < 1.29 is 30.8 Å². The van der Waals surface area contributed by atoms with Gasteiger partial charge in [0.2, 0.25) is 11.8 Å². The smallest absolute Gasteiger partial charge is 0.307 e. The molecular weight excluding hydrogens is 226 g/mol. The van der Waals surface area contributed by atoms with Crippen LogP contribution < -0.4 is 0 Å². The molecule has 2 atom stereocenters. The molecule has 0 aromatic rings. The van der Waals surface area contributed by atoms with Gasteiger partial charge in [-0.3, -0.25) is 9.59 Å². The predicted molar refractivity (Wildman–Crippen MR) is 61.2 cm³/mol. The minimum absolute atomic E-state index is 0.00929. The molecule has 3 N–H and O–H groups in total. The molecule has 0 fully saturated rings. The van der Waals surface area contributed by atoms with Crippen molar-refractivity contribution in [3.05, 3.63) is 0 Å². The minimum Gasteiger partial charge on any atom is -0.481 e. The molecule has 0 aliphatic heterocycles. The van der Waals surface area contributed by atoms with Crippen LogP contribution in [0.15, 0.2) is 0 Å². The van der Waals surface area contributed by atoms with Crippen molar-refractivity contribution in [2.24, 2.45) is 0 Å². The van der Waals surface area contributed by atoms with Crippen molar-refractivity contribution >= 4 is 11.8 Å². The van der Waals surface area contributed by atoms with Crippen LogP contribution in [-0.2, 0) is 9.59 Å². The minimum atomic E-state index is -2.32. The average molecular weight is 249 g/mol. The summed E-state index contributed by atoms with van der Waals surface area (Å²) in [6.45, 7) is 0.00929. The molecule has 0 spiro atoms. The number of Topliss-reactive ketones (excluding diaryl/α,β-unsaturated/α-hetero) is 1. The fourth-order valence-electron chi connectivity index (χ4n) is 1.58. The van der Waals surface area contributed by atoms with Crippen molar-refractivity contribution in [1.29, 1.82) is 0 Å². The lowest BCUT2D eigenvalue weighted by atomic mass is 9.88. The summed E-state index contributed by atoms with van der Waals surface area (Å²) in [7, 11) is 4.65. The summed E-state index contributed by atoms with van der Waals surface area (Å²) in [5.41, 5.74) is -2.32. The molecule has 1 unspecified atom stereocenters. The Balaban J connectivity index is 5.17. The molecule has 0 aromatic carbocycles. The van der Waals surface area contributed by atoms with Crippen LogP contribution in [0.25, 0.3) is 0 Å². The van der Waals surface area contributed by atoms with Crippen molar-refractivity contribution in [3.8, 4) is 0 Å². The maximum Gasteiger partial charge on any atom is 0.307 e. The molecule has 0 bridgehead atoms. The van der Waals surface area contributed by atoms with E-state index in [-0.39, 0.29) is 24.2 Å². The Morgan fingerprint density at radius 3 is 2.29 bits per heavy atom. The molecular formula is C11H22NO5+. The number of hydrogen-bond acceptors (Lipinski definition) is 4. The van der Waals surface area contributed by atoms with E-state index >= 15 is 0 Å². The first-order valence-electron chi connectivity index (χ1n) is 6.02. The largest absolute Gasteiger partial charge is 0.481 e. The standard InChI is InChI=1S/C11H21NO5/c1-5-6-8(13)11(17,7-9(14)15)10(16)12(2,3)4/h10,16-17H,5-7H2,1-4H3/p+1/t10?,11-/m0/s1/i1D. The molecule has 0 radical (unpaired) electrons. The van der Waals surface area contributed by atoms with E-state index in [0.717, 1.165) is 0 Å². The molecule has 0 rings (SSSR count). The quantitative estimate of drug-likeness (QED) is 0.421. The number of quaternary nitrogens is 1. The third-order valence-corrected chi connectivity index (χ3v) is 2.47. The maximum atomic E-state index is 11.9. The second kappa shape index (κ2) is 5.57. The van der Waals surface area contributed by atoms with Crippen LogP contribution in [-0.4, -0.2) is 64.5 Å². The van der Waals surface area contributed by atoms with Crippen LogP contribution in [0.1, 0.15) is 27.5 Å². The van der Waals surface area contributed by atoms with Gasteiger partial charge in [0.15, 0.2) is 5.78 Å². The third kappa shape index (κ3) is 4.07. The van der Waals surface area contributed by atoms with Crippen LogP contribution >= 0.6 is 0 Å². The Hall–Kier alpha value is -0.980. The van der Waals surface area contributed by atoms with E-state index in [1.165, 1.54) is 0 Å². The van der Waals surface area contributed by atoms with Crippen LogP contribution in [0.3, 0.4) is 0 Å². The van der Waals surface area contributed by atoms with E-state index < -0.39 is 30.0 Å². The summed E-state index contributed by atoms with van der Waals surface area (Å²) >= 11 is 0. The Morgan fingerprint density at radius 2 is 1.94 bits per heavy atom. The number of carboxylic acids is 1. The molecule has 0 aliphatic carbocycles. The number of carboxylic acid groups (broad SMARTS) is 1. The average Bonchev–Trinajstić information content (AvgIpc) is 2.22. The lowest BCUT2D eigenvalue weighted by Crippen LogP contribution is -2.63. The van der Waals surface area contributed by atoms with Gasteiger partial charge in [-0.05, 0) is 6.42 Å². The van der Waals surface area contributed by atoms with Crippen LogP contribution in [0.2, 0.25) is 0 Å². The van der Waals surface area contributed by atoms with E-state index in [2.05, 4.69) is 0 Å². The van der Waals surface area contributed by atoms with Crippen LogP contribution in [0, 0.1) is 0 Å².